The fourth-order valence-corrected chi connectivity index (χ4v) is 1.47. The van der Waals surface area contributed by atoms with Gasteiger partial charge in [0.2, 0.25) is 6.39 Å². The number of aliphatic carboxylic acids is 1. The third kappa shape index (κ3) is 4.94. The first-order valence-electron chi connectivity index (χ1n) is 6.07. The second kappa shape index (κ2) is 7.34. The zero-order chi connectivity index (χ0) is 14.3. The molecule has 1 rings (SSSR count). The molecule has 2 unspecified atom stereocenters. The molecule has 2 amide bonds. The van der Waals surface area contributed by atoms with E-state index in [1.165, 1.54) is 6.39 Å². The van der Waals surface area contributed by atoms with Gasteiger partial charge in [0, 0.05) is 13.0 Å². The number of aromatic nitrogens is 2. The van der Waals surface area contributed by atoms with Gasteiger partial charge in [0.15, 0.2) is 5.82 Å². The molecule has 0 aliphatic rings. The van der Waals surface area contributed by atoms with E-state index in [-0.39, 0.29) is 5.92 Å². The molecule has 8 heteroatoms. The van der Waals surface area contributed by atoms with Crippen molar-refractivity contribution in [2.45, 2.75) is 32.7 Å². The van der Waals surface area contributed by atoms with Crippen LogP contribution in [0.3, 0.4) is 0 Å². The lowest BCUT2D eigenvalue weighted by atomic mass is 9.99. The lowest BCUT2D eigenvalue weighted by Gasteiger charge is -2.20. The monoisotopic (exact) mass is 270 g/mol. The van der Waals surface area contributed by atoms with Crippen LogP contribution in [0.1, 0.15) is 26.1 Å². The number of hydrogen-bond donors (Lipinski definition) is 3. The van der Waals surface area contributed by atoms with Crippen LogP contribution in [0.4, 0.5) is 4.79 Å². The van der Waals surface area contributed by atoms with E-state index in [1.54, 1.807) is 6.92 Å². The molecular formula is C11H18N4O4. The number of carbonyl (C=O) groups is 2. The molecule has 0 spiro atoms. The Balaban J connectivity index is 2.34. The topological polar surface area (TPSA) is 117 Å². The number of rotatable bonds is 7. The maximum Gasteiger partial charge on any atom is 0.326 e. The predicted octanol–water partition coefficient (Wildman–Crippen LogP) is 0.411. The van der Waals surface area contributed by atoms with Gasteiger partial charge < -0.3 is 20.3 Å². The molecule has 0 aliphatic carbocycles. The van der Waals surface area contributed by atoms with Crippen LogP contribution in [-0.2, 0) is 11.2 Å². The minimum atomic E-state index is -1.04. The SMILES string of the molecule is CCC(C)C(NC(=O)NCCc1ncon1)C(=O)O. The van der Waals surface area contributed by atoms with Crippen molar-refractivity contribution in [1.29, 1.82) is 0 Å². The summed E-state index contributed by atoms with van der Waals surface area (Å²) in [5.41, 5.74) is 0. The van der Waals surface area contributed by atoms with E-state index in [4.69, 9.17) is 5.11 Å². The summed E-state index contributed by atoms with van der Waals surface area (Å²) in [6, 6.07) is -1.41. The van der Waals surface area contributed by atoms with Crippen molar-refractivity contribution in [1.82, 2.24) is 20.8 Å². The van der Waals surface area contributed by atoms with Crippen LogP contribution in [0.15, 0.2) is 10.9 Å². The Hall–Kier alpha value is -2.12. The van der Waals surface area contributed by atoms with Crippen LogP contribution in [0.2, 0.25) is 0 Å². The van der Waals surface area contributed by atoms with E-state index in [0.29, 0.717) is 25.2 Å². The van der Waals surface area contributed by atoms with E-state index in [2.05, 4.69) is 25.3 Å². The summed E-state index contributed by atoms with van der Waals surface area (Å²) in [6.07, 6.45) is 2.30. The van der Waals surface area contributed by atoms with Crippen molar-refractivity contribution in [3.05, 3.63) is 12.2 Å². The summed E-state index contributed by atoms with van der Waals surface area (Å²) in [4.78, 5) is 26.4. The maximum atomic E-state index is 11.6. The molecular weight excluding hydrogens is 252 g/mol. The van der Waals surface area contributed by atoms with Crippen molar-refractivity contribution in [3.8, 4) is 0 Å². The highest BCUT2D eigenvalue weighted by atomic mass is 16.5. The highest BCUT2D eigenvalue weighted by molar-refractivity contribution is 5.82. The predicted molar refractivity (Wildman–Crippen MR) is 65.4 cm³/mol. The van der Waals surface area contributed by atoms with Crippen molar-refractivity contribution in [2.75, 3.05) is 6.54 Å². The summed E-state index contributed by atoms with van der Waals surface area (Å²) in [5, 5.41) is 17.6. The molecule has 0 aliphatic heterocycles. The molecule has 0 saturated heterocycles. The van der Waals surface area contributed by atoms with Crippen LogP contribution in [0.5, 0.6) is 0 Å². The van der Waals surface area contributed by atoms with Gasteiger partial charge in [0.1, 0.15) is 6.04 Å². The second-order valence-electron chi connectivity index (χ2n) is 4.20. The van der Waals surface area contributed by atoms with Gasteiger partial charge in [-0.2, -0.15) is 4.98 Å². The smallest absolute Gasteiger partial charge is 0.326 e. The van der Waals surface area contributed by atoms with Gasteiger partial charge >= 0.3 is 12.0 Å². The molecule has 2 atom stereocenters. The quantitative estimate of drug-likeness (QED) is 0.660. The largest absolute Gasteiger partial charge is 0.480 e. The second-order valence-corrected chi connectivity index (χ2v) is 4.20. The first-order chi connectivity index (χ1) is 9.04. The maximum absolute atomic E-state index is 11.6. The van der Waals surface area contributed by atoms with Crippen LogP contribution in [0.25, 0.3) is 0 Å². The fourth-order valence-electron chi connectivity index (χ4n) is 1.47. The average molecular weight is 270 g/mol. The Morgan fingerprint density at radius 1 is 1.53 bits per heavy atom. The molecule has 3 N–H and O–H groups in total. The lowest BCUT2D eigenvalue weighted by Crippen LogP contribution is -2.49. The minimum Gasteiger partial charge on any atom is -0.480 e. The highest BCUT2D eigenvalue weighted by Crippen LogP contribution is 2.07. The molecule has 19 heavy (non-hydrogen) atoms. The Kier molecular flexibility index (Phi) is 5.77. The molecule has 1 aromatic heterocycles. The zero-order valence-corrected chi connectivity index (χ0v) is 10.9. The molecule has 0 aromatic carbocycles. The standard InChI is InChI=1S/C11H18N4O4/c1-3-7(2)9(10(16)17)14-11(18)12-5-4-8-13-6-19-15-8/h6-7,9H,3-5H2,1-2H3,(H,16,17)(H2,12,14,18). The summed E-state index contributed by atoms with van der Waals surface area (Å²) < 4.78 is 4.55. The third-order valence-corrected chi connectivity index (χ3v) is 2.81. The molecule has 0 fully saturated rings. The minimum absolute atomic E-state index is 0.138. The van der Waals surface area contributed by atoms with E-state index in [1.807, 2.05) is 6.92 Å². The van der Waals surface area contributed by atoms with Gasteiger partial charge in [-0.1, -0.05) is 25.4 Å². The first kappa shape index (κ1) is 14.9. The number of urea groups is 1. The Morgan fingerprint density at radius 3 is 2.79 bits per heavy atom. The van der Waals surface area contributed by atoms with Gasteiger partial charge in [-0.3, -0.25) is 0 Å². The van der Waals surface area contributed by atoms with Crippen molar-refractivity contribution >= 4 is 12.0 Å². The van der Waals surface area contributed by atoms with Gasteiger partial charge in [-0.05, 0) is 5.92 Å². The Morgan fingerprint density at radius 2 is 2.26 bits per heavy atom. The molecule has 0 radical (unpaired) electrons. The van der Waals surface area contributed by atoms with Crippen LogP contribution < -0.4 is 10.6 Å². The van der Waals surface area contributed by atoms with Gasteiger partial charge in [0.25, 0.3) is 0 Å². The van der Waals surface area contributed by atoms with Crippen LogP contribution >= 0.6 is 0 Å². The number of hydrogen-bond acceptors (Lipinski definition) is 5. The Bertz CT molecular complexity index is 407. The van der Waals surface area contributed by atoms with Gasteiger partial charge in [-0.15, -0.1) is 0 Å². The van der Waals surface area contributed by atoms with E-state index < -0.39 is 18.0 Å². The molecule has 8 nitrogen and oxygen atoms in total. The van der Waals surface area contributed by atoms with Crippen LogP contribution in [-0.4, -0.2) is 39.8 Å². The van der Waals surface area contributed by atoms with Gasteiger partial charge in [0.05, 0.1) is 0 Å². The van der Waals surface area contributed by atoms with E-state index in [0.717, 1.165) is 0 Å². The first-order valence-corrected chi connectivity index (χ1v) is 6.07. The molecule has 0 bridgehead atoms. The lowest BCUT2D eigenvalue weighted by molar-refractivity contribution is -0.140. The molecule has 1 aromatic rings. The molecule has 106 valence electrons. The molecule has 1 heterocycles. The van der Waals surface area contributed by atoms with Crippen LogP contribution in [0, 0.1) is 5.92 Å². The zero-order valence-electron chi connectivity index (χ0n) is 10.9. The summed E-state index contributed by atoms with van der Waals surface area (Å²) in [5.74, 6) is -0.694. The molecule has 0 saturated carbocycles. The number of carboxylic acid groups (broad SMARTS) is 1. The van der Waals surface area contributed by atoms with Gasteiger partial charge in [-0.25, -0.2) is 9.59 Å². The normalized spacial score (nSPS) is 13.6. The summed E-state index contributed by atoms with van der Waals surface area (Å²) in [6.45, 7) is 3.95. The summed E-state index contributed by atoms with van der Waals surface area (Å²) in [7, 11) is 0. The number of nitrogens with one attached hydrogen (secondary N) is 2. The van der Waals surface area contributed by atoms with Crippen molar-refractivity contribution < 1.29 is 19.2 Å². The average Bonchev–Trinajstić information content (AvgIpc) is 2.87. The van der Waals surface area contributed by atoms with Crippen molar-refractivity contribution in [2.24, 2.45) is 5.92 Å². The number of nitrogens with zero attached hydrogens (tertiary/aromatic N) is 2. The summed E-state index contributed by atoms with van der Waals surface area (Å²) >= 11 is 0. The van der Waals surface area contributed by atoms with E-state index >= 15 is 0 Å². The number of carboxylic acids is 1. The fraction of sp³-hybridized carbons (Fsp3) is 0.636. The van der Waals surface area contributed by atoms with Crippen molar-refractivity contribution in [3.63, 3.8) is 0 Å². The number of amides is 2. The van der Waals surface area contributed by atoms with E-state index in [9.17, 15) is 9.59 Å². The third-order valence-electron chi connectivity index (χ3n) is 2.81. The Labute approximate surface area is 110 Å². The highest BCUT2D eigenvalue weighted by Gasteiger charge is 2.24. The number of carbonyl (C=O) groups excluding carboxylic acids is 1.